The van der Waals surface area contributed by atoms with Crippen molar-refractivity contribution in [3.8, 4) is 0 Å². The van der Waals surface area contributed by atoms with E-state index in [1.807, 2.05) is 0 Å². The van der Waals surface area contributed by atoms with Gasteiger partial charge in [0.1, 0.15) is 0 Å². The number of hydrogen-bond acceptors (Lipinski definition) is 5. The minimum absolute atomic E-state index is 0.141. The Morgan fingerprint density at radius 2 is 1.61 bits per heavy atom. The molecule has 122 valence electrons. The molecule has 8 heteroatoms. The fraction of sp³-hybridized carbons (Fsp3) is 0.333. The first-order valence-corrected chi connectivity index (χ1v) is 9.26. The van der Waals surface area contributed by atoms with Gasteiger partial charge < -0.3 is 4.90 Å². The first-order chi connectivity index (χ1) is 11.0. The molecule has 6 nitrogen and oxygen atoms in total. The Morgan fingerprint density at radius 1 is 1.00 bits per heavy atom. The second kappa shape index (κ2) is 6.72. The molecule has 0 bridgehead atoms. The molecule has 3 rings (SSSR count). The lowest BCUT2D eigenvalue weighted by Gasteiger charge is -2.26. The first-order valence-electron chi connectivity index (χ1n) is 7.40. The Labute approximate surface area is 140 Å². The van der Waals surface area contributed by atoms with E-state index in [-0.39, 0.29) is 4.90 Å². The molecule has 2 heterocycles. The molecular formula is C15H17ClN4O2S. The van der Waals surface area contributed by atoms with Crippen LogP contribution in [0, 0.1) is 0 Å². The van der Waals surface area contributed by atoms with Crippen LogP contribution < -0.4 is 9.62 Å². The van der Waals surface area contributed by atoms with Crippen LogP contribution in [0.3, 0.4) is 0 Å². The van der Waals surface area contributed by atoms with Crippen molar-refractivity contribution in [1.82, 2.24) is 9.97 Å². The third kappa shape index (κ3) is 3.92. The van der Waals surface area contributed by atoms with Gasteiger partial charge >= 0.3 is 0 Å². The van der Waals surface area contributed by atoms with Gasteiger partial charge in [-0.05, 0) is 43.5 Å². The summed E-state index contributed by atoms with van der Waals surface area (Å²) in [6, 6.07) is 5.97. The second-order valence-corrected chi connectivity index (χ2v) is 7.50. The molecule has 0 saturated carbocycles. The molecule has 0 aliphatic carbocycles. The van der Waals surface area contributed by atoms with Crippen LogP contribution in [0.5, 0.6) is 0 Å². The van der Waals surface area contributed by atoms with Crippen molar-refractivity contribution in [1.29, 1.82) is 0 Å². The molecular weight excluding hydrogens is 336 g/mol. The van der Waals surface area contributed by atoms with Crippen molar-refractivity contribution < 1.29 is 8.42 Å². The molecule has 1 saturated heterocycles. The van der Waals surface area contributed by atoms with E-state index < -0.39 is 10.0 Å². The Morgan fingerprint density at radius 3 is 2.22 bits per heavy atom. The van der Waals surface area contributed by atoms with Gasteiger partial charge in [0.25, 0.3) is 10.0 Å². The molecule has 0 spiro atoms. The van der Waals surface area contributed by atoms with Crippen LogP contribution in [0.1, 0.15) is 19.3 Å². The van der Waals surface area contributed by atoms with Crippen molar-refractivity contribution in [2.24, 2.45) is 0 Å². The second-order valence-electron chi connectivity index (χ2n) is 5.38. The largest absolute Gasteiger partial charge is 0.341 e. The number of anilines is 2. The number of hydrogen-bond donors (Lipinski definition) is 1. The van der Waals surface area contributed by atoms with E-state index in [0.717, 1.165) is 25.9 Å². The molecule has 1 aliphatic rings. The van der Waals surface area contributed by atoms with Gasteiger partial charge in [0, 0.05) is 18.1 Å². The van der Waals surface area contributed by atoms with Crippen molar-refractivity contribution >= 4 is 33.3 Å². The number of nitrogens with one attached hydrogen (secondary N) is 1. The van der Waals surface area contributed by atoms with Gasteiger partial charge in [-0.15, -0.1) is 0 Å². The highest BCUT2D eigenvalue weighted by atomic mass is 35.5. The Bertz CT molecular complexity index is 757. The van der Waals surface area contributed by atoms with E-state index in [9.17, 15) is 8.42 Å². The van der Waals surface area contributed by atoms with E-state index in [2.05, 4.69) is 19.6 Å². The molecule has 0 unspecified atom stereocenters. The van der Waals surface area contributed by atoms with Gasteiger partial charge in [-0.1, -0.05) is 11.6 Å². The minimum atomic E-state index is -3.67. The summed E-state index contributed by atoms with van der Waals surface area (Å²) in [5, 5.41) is 0.484. The van der Waals surface area contributed by atoms with Crippen molar-refractivity contribution in [3.63, 3.8) is 0 Å². The summed E-state index contributed by atoms with van der Waals surface area (Å²) in [6.45, 7) is 1.88. The molecule has 2 aromatic rings. The number of piperidine rings is 1. The lowest BCUT2D eigenvalue weighted by atomic mass is 10.1. The number of halogens is 1. The summed E-state index contributed by atoms with van der Waals surface area (Å²) in [5.74, 6) is 0.638. The van der Waals surface area contributed by atoms with Gasteiger partial charge in [0.05, 0.1) is 23.0 Å². The standard InChI is InChI=1S/C15H17ClN4O2S/c16-12-4-6-14(7-5-12)23(21,22)19-13-10-17-15(18-11-13)20-8-2-1-3-9-20/h4-7,10-11,19H,1-3,8-9H2. The van der Waals surface area contributed by atoms with E-state index >= 15 is 0 Å². The number of nitrogens with zero attached hydrogens (tertiary/aromatic N) is 3. The Kier molecular flexibility index (Phi) is 4.68. The molecule has 1 aromatic carbocycles. The van der Waals surface area contributed by atoms with Gasteiger partial charge in [0.15, 0.2) is 0 Å². The fourth-order valence-electron chi connectivity index (χ4n) is 2.46. The quantitative estimate of drug-likeness (QED) is 0.915. The van der Waals surface area contributed by atoms with Gasteiger partial charge in [-0.3, -0.25) is 4.72 Å². The molecule has 1 aromatic heterocycles. The maximum absolute atomic E-state index is 12.3. The zero-order chi connectivity index (χ0) is 16.3. The SMILES string of the molecule is O=S(=O)(Nc1cnc(N2CCCCC2)nc1)c1ccc(Cl)cc1. The third-order valence-electron chi connectivity index (χ3n) is 3.65. The molecule has 1 aliphatic heterocycles. The molecule has 1 N–H and O–H groups in total. The monoisotopic (exact) mass is 352 g/mol. The van der Waals surface area contributed by atoms with Crippen molar-refractivity contribution in [3.05, 3.63) is 41.7 Å². The summed E-state index contributed by atoms with van der Waals surface area (Å²) < 4.78 is 27.0. The highest BCUT2D eigenvalue weighted by Crippen LogP contribution is 2.19. The van der Waals surface area contributed by atoms with Crippen LogP contribution in [0.25, 0.3) is 0 Å². The normalized spacial score (nSPS) is 15.4. The first kappa shape index (κ1) is 16.0. The van der Waals surface area contributed by atoms with E-state index in [1.165, 1.54) is 43.1 Å². The van der Waals surface area contributed by atoms with Crippen LogP contribution in [0.15, 0.2) is 41.6 Å². The lowest BCUT2D eigenvalue weighted by Crippen LogP contribution is -2.30. The van der Waals surface area contributed by atoms with E-state index in [4.69, 9.17) is 11.6 Å². The number of sulfonamides is 1. The molecule has 23 heavy (non-hydrogen) atoms. The highest BCUT2D eigenvalue weighted by molar-refractivity contribution is 7.92. The van der Waals surface area contributed by atoms with Crippen molar-refractivity contribution in [2.45, 2.75) is 24.2 Å². The van der Waals surface area contributed by atoms with Gasteiger partial charge in [0.2, 0.25) is 5.95 Å². The zero-order valence-electron chi connectivity index (χ0n) is 12.4. The highest BCUT2D eigenvalue weighted by Gasteiger charge is 2.16. The van der Waals surface area contributed by atoms with Gasteiger partial charge in [-0.2, -0.15) is 0 Å². The average Bonchev–Trinajstić information content (AvgIpc) is 2.56. The average molecular weight is 353 g/mol. The summed E-state index contributed by atoms with van der Waals surface area (Å²) in [5.41, 5.74) is 0.334. The zero-order valence-corrected chi connectivity index (χ0v) is 14.0. The summed E-state index contributed by atoms with van der Waals surface area (Å²) in [6.07, 6.45) is 6.48. The minimum Gasteiger partial charge on any atom is -0.341 e. The maximum atomic E-state index is 12.3. The maximum Gasteiger partial charge on any atom is 0.261 e. The Balaban J connectivity index is 1.73. The number of rotatable bonds is 4. The molecule has 0 radical (unpaired) electrons. The lowest BCUT2D eigenvalue weighted by molar-refractivity contribution is 0.568. The van der Waals surface area contributed by atoms with Crippen LogP contribution >= 0.6 is 11.6 Å². The fourth-order valence-corrected chi connectivity index (χ4v) is 3.61. The number of aromatic nitrogens is 2. The van der Waals surface area contributed by atoms with Crippen LogP contribution in [0.2, 0.25) is 5.02 Å². The third-order valence-corrected chi connectivity index (χ3v) is 5.30. The molecule has 0 amide bonds. The van der Waals surface area contributed by atoms with Crippen molar-refractivity contribution in [2.75, 3.05) is 22.7 Å². The summed E-state index contributed by atoms with van der Waals surface area (Å²) in [7, 11) is -3.67. The topological polar surface area (TPSA) is 75.2 Å². The Hall–Kier alpha value is -1.86. The predicted octanol–water partition coefficient (Wildman–Crippen LogP) is 2.92. The summed E-state index contributed by atoms with van der Waals surface area (Å²) in [4.78, 5) is 10.8. The molecule has 0 atom stereocenters. The predicted molar refractivity (Wildman–Crippen MR) is 90.4 cm³/mol. The van der Waals surface area contributed by atoms with Gasteiger partial charge in [-0.25, -0.2) is 18.4 Å². The van der Waals surface area contributed by atoms with Crippen LogP contribution in [-0.4, -0.2) is 31.5 Å². The van der Waals surface area contributed by atoms with E-state index in [1.54, 1.807) is 0 Å². The number of benzene rings is 1. The van der Waals surface area contributed by atoms with Crippen LogP contribution in [0.4, 0.5) is 11.6 Å². The molecule has 1 fully saturated rings. The smallest absolute Gasteiger partial charge is 0.261 e. The summed E-state index contributed by atoms with van der Waals surface area (Å²) >= 11 is 5.77. The van der Waals surface area contributed by atoms with E-state index in [0.29, 0.717) is 16.7 Å². The van der Waals surface area contributed by atoms with Crippen LogP contribution in [-0.2, 0) is 10.0 Å².